The first-order valence-corrected chi connectivity index (χ1v) is 10.2. The summed E-state index contributed by atoms with van der Waals surface area (Å²) in [5, 5.41) is 5.64. The van der Waals surface area contributed by atoms with E-state index in [1.165, 1.54) is 0 Å². The lowest BCUT2D eigenvalue weighted by Gasteiger charge is -2.27. The summed E-state index contributed by atoms with van der Waals surface area (Å²) >= 11 is 12.5. The van der Waals surface area contributed by atoms with Crippen LogP contribution >= 0.6 is 23.2 Å². The predicted octanol–water partition coefficient (Wildman–Crippen LogP) is 2.85. The molecule has 0 amide bonds. The maximum absolute atomic E-state index is 6.37. The largest absolute Gasteiger partial charge is 0.354 e. The van der Waals surface area contributed by atoms with Crippen LogP contribution in [0.1, 0.15) is 38.7 Å². The molecule has 2 aromatic rings. The SMILES string of the molecule is C=c1nc(NCCC(C)(CN)CCC)nc2c1=C(c1cccc(Cl)c1Cl)NN2. The van der Waals surface area contributed by atoms with E-state index in [-0.39, 0.29) is 5.41 Å². The van der Waals surface area contributed by atoms with Crippen LogP contribution in [0.15, 0.2) is 18.2 Å². The third-order valence-corrected chi connectivity index (χ3v) is 5.94. The molecule has 150 valence electrons. The Labute approximate surface area is 175 Å². The first kappa shape index (κ1) is 20.7. The number of hydrazine groups is 1. The minimum atomic E-state index is 0.121. The lowest BCUT2D eigenvalue weighted by molar-refractivity contribution is 0.288. The monoisotopic (exact) mass is 420 g/mol. The number of nitrogens with two attached hydrogens (primary N) is 1. The molecule has 0 bridgehead atoms. The zero-order valence-corrected chi connectivity index (χ0v) is 17.7. The number of nitrogens with one attached hydrogen (secondary N) is 3. The van der Waals surface area contributed by atoms with E-state index in [2.05, 4.69) is 46.6 Å². The average molecular weight is 421 g/mol. The molecule has 8 heteroatoms. The highest BCUT2D eigenvalue weighted by molar-refractivity contribution is 6.43. The quantitative estimate of drug-likeness (QED) is 0.525. The first-order chi connectivity index (χ1) is 13.4. The molecule has 0 fully saturated rings. The molecule has 5 N–H and O–H groups in total. The minimum absolute atomic E-state index is 0.121. The van der Waals surface area contributed by atoms with E-state index in [4.69, 9.17) is 28.9 Å². The van der Waals surface area contributed by atoms with Gasteiger partial charge in [0.2, 0.25) is 5.95 Å². The van der Waals surface area contributed by atoms with Gasteiger partial charge >= 0.3 is 0 Å². The van der Waals surface area contributed by atoms with E-state index in [9.17, 15) is 0 Å². The third-order valence-electron chi connectivity index (χ3n) is 5.12. The van der Waals surface area contributed by atoms with Gasteiger partial charge in [-0.3, -0.25) is 10.9 Å². The second kappa shape index (κ2) is 8.55. The van der Waals surface area contributed by atoms with Crippen LogP contribution in [0.5, 0.6) is 0 Å². The fourth-order valence-electron chi connectivity index (χ4n) is 3.43. The van der Waals surface area contributed by atoms with Gasteiger partial charge < -0.3 is 11.1 Å². The van der Waals surface area contributed by atoms with E-state index < -0.39 is 0 Å². The normalized spacial score (nSPS) is 14.8. The smallest absolute Gasteiger partial charge is 0.225 e. The highest BCUT2D eigenvalue weighted by Crippen LogP contribution is 2.29. The van der Waals surface area contributed by atoms with E-state index in [0.717, 1.165) is 42.3 Å². The van der Waals surface area contributed by atoms with Crippen LogP contribution < -0.4 is 32.5 Å². The topological polar surface area (TPSA) is 87.9 Å². The lowest BCUT2D eigenvalue weighted by Crippen LogP contribution is -2.32. The molecule has 1 atom stereocenters. The molecule has 2 heterocycles. The Morgan fingerprint density at radius 1 is 1.21 bits per heavy atom. The van der Waals surface area contributed by atoms with Crippen molar-refractivity contribution in [2.75, 3.05) is 23.8 Å². The molecule has 0 saturated heterocycles. The maximum Gasteiger partial charge on any atom is 0.225 e. The van der Waals surface area contributed by atoms with Crippen LogP contribution in [0, 0.1) is 5.41 Å². The molecule has 28 heavy (non-hydrogen) atoms. The van der Waals surface area contributed by atoms with Crippen molar-refractivity contribution in [3.8, 4) is 0 Å². The van der Waals surface area contributed by atoms with Crippen molar-refractivity contribution in [3.05, 3.63) is 44.4 Å². The van der Waals surface area contributed by atoms with Gasteiger partial charge in [-0.1, -0.05) is 62.2 Å². The Morgan fingerprint density at radius 3 is 2.71 bits per heavy atom. The number of hydrogen-bond acceptors (Lipinski definition) is 6. The number of nitrogens with zero attached hydrogens (tertiary/aromatic N) is 2. The van der Waals surface area contributed by atoms with E-state index >= 15 is 0 Å². The minimum Gasteiger partial charge on any atom is -0.354 e. The molecule has 0 spiro atoms. The summed E-state index contributed by atoms with van der Waals surface area (Å²) in [6.45, 7) is 9.90. The summed E-state index contributed by atoms with van der Waals surface area (Å²) in [6.07, 6.45) is 3.17. The van der Waals surface area contributed by atoms with Crippen LogP contribution in [0.25, 0.3) is 12.3 Å². The van der Waals surface area contributed by atoms with Crippen molar-refractivity contribution in [1.82, 2.24) is 15.4 Å². The second-order valence-electron chi connectivity index (χ2n) is 7.39. The van der Waals surface area contributed by atoms with Gasteiger partial charge in [0.05, 0.1) is 26.3 Å². The number of aromatic nitrogens is 2. The van der Waals surface area contributed by atoms with Gasteiger partial charge in [-0.2, -0.15) is 4.98 Å². The molecule has 1 aromatic heterocycles. The zero-order chi connectivity index (χ0) is 20.3. The van der Waals surface area contributed by atoms with Crippen molar-refractivity contribution >= 4 is 47.2 Å². The summed E-state index contributed by atoms with van der Waals surface area (Å²) < 4.78 is 0. The van der Waals surface area contributed by atoms with Gasteiger partial charge in [-0.25, -0.2) is 4.98 Å². The Kier molecular flexibility index (Phi) is 6.33. The molecule has 1 aliphatic heterocycles. The number of fused-ring (bicyclic) bond motifs is 1. The van der Waals surface area contributed by atoms with E-state index in [1.54, 1.807) is 6.07 Å². The van der Waals surface area contributed by atoms with Crippen LogP contribution in [0.3, 0.4) is 0 Å². The third kappa shape index (κ3) is 4.19. The van der Waals surface area contributed by atoms with Crippen LogP contribution in [0.2, 0.25) is 10.0 Å². The number of benzene rings is 1. The second-order valence-corrected chi connectivity index (χ2v) is 8.17. The van der Waals surface area contributed by atoms with Gasteiger partial charge in [0.1, 0.15) is 0 Å². The van der Waals surface area contributed by atoms with E-state index in [0.29, 0.717) is 33.7 Å². The molecular formula is C20H26Cl2N6. The van der Waals surface area contributed by atoms with Crippen LogP contribution in [-0.2, 0) is 0 Å². The summed E-state index contributed by atoms with van der Waals surface area (Å²) in [4.78, 5) is 9.09. The molecule has 1 aliphatic rings. The molecule has 0 radical (unpaired) electrons. The Bertz CT molecular complexity index is 977. The zero-order valence-electron chi connectivity index (χ0n) is 16.2. The van der Waals surface area contributed by atoms with Crippen molar-refractivity contribution in [2.24, 2.45) is 11.1 Å². The molecule has 0 saturated carbocycles. The van der Waals surface area contributed by atoms with Crippen LogP contribution in [0.4, 0.5) is 11.8 Å². The summed E-state index contributed by atoms with van der Waals surface area (Å²) in [5.74, 6) is 1.19. The van der Waals surface area contributed by atoms with Gasteiger partial charge in [0.25, 0.3) is 0 Å². The summed E-state index contributed by atoms with van der Waals surface area (Å²) in [7, 11) is 0. The number of halogens is 2. The molecule has 0 aliphatic carbocycles. The highest BCUT2D eigenvalue weighted by atomic mass is 35.5. The van der Waals surface area contributed by atoms with Gasteiger partial charge in [-0.15, -0.1) is 0 Å². The van der Waals surface area contributed by atoms with Gasteiger partial charge in [0, 0.05) is 12.1 Å². The average Bonchev–Trinajstić information content (AvgIpc) is 3.08. The van der Waals surface area contributed by atoms with Crippen molar-refractivity contribution < 1.29 is 0 Å². The standard InChI is InChI=1S/C20H26Cl2N6/c1-4-8-20(3,11-23)9-10-24-19-25-12(2)15-17(27-28-18(15)26-19)13-6-5-7-14(21)16(13)22/h5-7H,2,4,8-11,23H2,1,3H3,(H3,24,25,26,27,28). The number of rotatable bonds is 8. The highest BCUT2D eigenvalue weighted by Gasteiger charge is 2.22. The van der Waals surface area contributed by atoms with E-state index in [1.807, 2.05) is 12.1 Å². The maximum atomic E-state index is 6.37. The Balaban J connectivity index is 1.85. The van der Waals surface area contributed by atoms with Crippen molar-refractivity contribution in [1.29, 1.82) is 0 Å². The molecular weight excluding hydrogens is 395 g/mol. The lowest BCUT2D eigenvalue weighted by atomic mass is 9.82. The molecule has 1 unspecified atom stereocenters. The molecule has 6 nitrogen and oxygen atoms in total. The molecule has 3 rings (SSSR count). The Hall–Kier alpha value is -2.02. The number of hydrogen-bond donors (Lipinski definition) is 4. The van der Waals surface area contributed by atoms with Crippen molar-refractivity contribution in [3.63, 3.8) is 0 Å². The molecule has 1 aromatic carbocycles. The Morgan fingerprint density at radius 2 is 2.00 bits per heavy atom. The summed E-state index contributed by atoms with van der Waals surface area (Å²) in [6, 6.07) is 5.49. The fourth-order valence-corrected chi connectivity index (χ4v) is 3.83. The predicted molar refractivity (Wildman–Crippen MR) is 118 cm³/mol. The van der Waals surface area contributed by atoms with Gasteiger partial charge in [0.15, 0.2) is 5.82 Å². The summed E-state index contributed by atoms with van der Waals surface area (Å²) in [5.41, 5.74) is 13.8. The fraction of sp³-hybridized carbons (Fsp3) is 0.400. The van der Waals surface area contributed by atoms with Crippen molar-refractivity contribution in [2.45, 2.75) is 33.1 Å². The number of anilines is 2. The van der Waals surface area contributed by atoms with Gasteiger partial charge in [-0.05, 0) is 30.9 Å². The van der Waals surface area contributed by atoms with Crippen LogP contribution in [-0.4, -0.2) is 23.1 Å². The first-order valence-electron chi connectivity index (χ1n) is 9.40.